The highest BCUT2D eigenvalue weighted by molar-refractivity contribution is 5.76. The molecule has 5 fully saturated rings. The molecule has 0 radical (unpaired) electrons. The third kappa shape index (κ3) is 2.56. The fourth-order valence-electron chi connectivity index (χ4n) is 11.0. The van der Waals surface area contributed by atoms with Crippen LogP contribution in [0.15, 0.2) is 24.3 Å². The molecule has 0 aromatic heterocycles. The van der Waals surface area contributed by atoms with Crippen LogP contribution in [0.3, 0.4) is 0 Å². The molecule has 0 amide bonds. The van der Waals surface area contributed by atoms with E-state index in [1.807, 2.05) is 0 Å². The van der Waals surface area contributed by atoms with Gasteiger partial charge in [0.1, 0.15) is 0 Å². The molecule has 178 valence electrons. The zero-order valence-corrected chi connectivity index (χ0v) is 21.3. The number of allylic oxidation sites excluding steroid dienone is 2. The summed E-state index contributed by atoms with van der Waals surface area (Å²) < 4.78 is 0. The number of carbonyl (C=O) groups is 1. The molecular weight excluding hydrogens is 392 g/mol. The lowest BCUT2D eigenvalue weighted by Crippen LogP contribution is -2.65. The fourth-order valence-corrected chi connectivity index (χ4v) is 11.0. The molecule has 5 aliphatic carbocycles. The van der Waals surface area contributed by atoms with Crippen molar-refractivity contribution in [3.05, 3.63) is 24.3 Å². The summed E-state index contributed by atoms with van der Waals surface area (Å²) in [6.45, 7) is 21.3. The van der Waals surface area contributed by atoms with E-state index in [0.717, 1.165) is 37.5 Å². The fraction of sp³-hybridized carbons (Fsp3) is 0.833. The molecule has 0 bridgehead atoms. The van der Waals surface area contributed by atoms with Crippen molar-refractivity contribution in [2.45, 2.75) is 98.8 Å². The van der Waals surface area contributed by atoms with E-state index < -0.39 is 11.4 Å². The summed E-state index contributed by atoms with van der Waals surface area (Å²) in [6, 6.07) is 0. The molecule has 5 rings (SSSR count). The molecule has 5 aliphatic rings. The smallest absolute Gasteiger partial charge is 0.309 e. The normalized spacial score (nSPS) is 54.7. The average Bonchev–Trinajstić information content (AvgIpc) is 3.13. The summed E-state index contributed by atoms with van der Waals surface area (Å²) >= 11 is 0. The van der Waals surface area contributed by atoms with Crippen LogP contribution in [-0.2, 0) is 4.79 Å². The van der Waals surface area contributed by atoms with Gasteiger partial charge < -0.3 is 5.11 Å². The maximum absolute atomic E-state index is 12.7. The first kappa shape index (κ1) is 22.7. The molecule has 0 aromatic rings. The first-order chi connectivity index (χ1) is 14.9. The second-order valence-electron chi connectivity index (χ2n) is 13.6. The van der Waals surface area contributed by atoms with Gasteiger partial charge in [0, 0.05) is 0 Å². The van der Waals surface area contributed by atoms with Crippen molar-refractivity contribution in [3.8, 4) is 0 Å². The van der Waals surface area contributed by atoms with Crippen molar-refractivity contribution in [2.24, 2.45) is 57.2 Å². The number of aliphatic carboxylic acids is 1. The Kier molecular flexibility index (Phi) is 4.96. The lowest BCUT2D eigenvalue weighted by Gasteiger charge is -2.71. The molecule has 0 spiro atoms. The van der Waals surface area contributed by atoms with Gasteiger partial charge >= 0.3 is 5.97 Å². The van der Waals surface area contributed by atoms with Crippen LogP contribution in [0.2, 0.25) is 0 Å². The SMILES string of the molecule is C=C1CCC2(C)C(CCC3(C)C2CCC2C4C(C(=C)C)CCC4(C(=O)O)CCC23C)C1C. The summed E-state index contributed by atoms with van der Waals surface area (Å²) in [7, 11) is 0. The van der Waals surface area contributed by atoms with Gasteiger partial charge in [-0.05, 0) is 123 Å². The van der Waals surface area contributed by atoms with Gasteiger partial charge in [-0.3, -0.25) is 4.79 Å². The molecule has 2 heteroatoms. The molecule has 0 saturated heterocycles. The lowest BCUT2D eigenvalue weighted by atomic mass is 9.33. The molecule has 0 aromatic carbocycles. The molecule has 32 heavy (non-hydrogen) atoms. The van der Waals surface area contributed by atoms with Crippen LogP contribution in [0.4, 0.5) is 0 Å². The van der Waals surface area contributed by atoms with Crippen molar-refractivity contribution in [3.63, 3.8) is 0 Å². The minimum Gasteiger partial charge on any atom is -0.481 e. The topological polar surface area (TPSA) is 37.3 Å². The van der Waals surface area contributed by atoms with E-state index in [4.69, 9.17) is 0 Å². The van der Waals surface area contributed by atoms with E-state index in [0.29, 0.717) is 28.6 Å². The maximum Gasteiger partial charge on any atom is 0.309 e. The van der Waals surface area contributed by atoms with Crippen molar-refractivity contribution >= 4 is 5.97 Å². The van der Waals surface area contributed by atoms with Crippen LogP contribution in [0.1, 0.15) is 98.8 Å². The Hall–Kier alpha value is -1.05. The zero-order valence-electron chi connectivity index (χ0n) is 21.3. The molecule has 0 heterocycles. The van der Waals surface area contributed by atoms with Gasteiger partial charge in [-0.25, -0.2) is 0 Å². The van der Waals surface area contributed by atoms with Crippen molar-refractivity contribution in [1.29, 1.82) is 0 Å². The number of hydrogen-bond acceptors (Lipinski definition) is 1. The number of rotatable bonds is 2. The van der Waals surface area contributed by atoms with E-state index in [1.165, 1.54) is 49.7 Å². The van der Waals surface area contributed by atoms with Crippen LogP contribution in [0, 0.1) is 57.2 Å². The number of hydrogen-bond donors (Lipinski definition) is 1. The minimum atomic E-state index is -0.518. The van der Waals surface area contributed by atoms with Crippen molar-refractivity contribution in [1.82, 2.24) is 0 Å². The van der Waals surface area contributed by atoms with Crippen LogP contribution in [-0.4, -0.2) is 11.1 Å². The van der Waals surface area contributed by atoms with Crippen LogP contribution >= 0.6 is 0 Å². The maximum atomic E-state index is 12.7. The molecule has 5 saturated carbocycles. The number of carboxylic acid groups (broad SMARTS) is 1. The van der Waals surface area contributed by atoms with Gasteiger partial charge in [0.25, 0.3) is 0 Å². The third-order valence-corrected chi connectivity index (χ3v) is 13.1. The van der Waals surface area contributed by atoms with E-state index in [-0.39, 0.29) is 11.3 Å². The van der Waals surface area contributed by atoms with Crippen LogP contribution in [0.5, 0.6) is 0 Å². The van der Waals surface area contributed by atoms with Crippen LogP contribution < -0.4 is 0 Å². The van der Waals surface area contributed by atoms with Gasteiger partial charge in [0.15, 0.2) is 0 Å². The Balaban J connectivity index is 1.56. The summed E-state index contributed by atoms with van der Waals surface area (Å²) in [5.74, 6) is 2.86. The second-order valence-corrected chi connectivity index (χ2v) is 13.6. The molecule has 10 atom stereocenters. The second kappa shape index (κ2) is 6.98. The Labute approximate surface area is 196 Å². The Morgan fingerprint density at radius 3 is 2.31 bits per heavy atom. The summed E-state index contributed by atoms with van der Waals surface area (Å²) in [5.41, 5.74) is 3.16. The minimum absolute atomic E-state index is 0.239. The molecule has 1 N–H and O–H groups in total. The summed E-state index contributed by atoms with van der Waals surface area (Å²) in [4.78, 5) is 12.7. The van der Waals surface area contributed by atoms with Crippen molar-refractivity contribution < 1.29 is 9.90 Å². The monoisotopic (exact) mass is 438 g/mol. The van der Waals surface area contributed by atoms with Gasteiger partial charge in [-0.1, -0.05) is 52.0 Å². The van der Waals surface area contributed by atoms with Gasteiger partial charge in [-0.15, -0.1) is 0 Å². The predicted molar refractivity (Wildman–Crippen MR) is 131 cm³/mol. The summed E-state index contributed by atoms with van der Waals surface area (Å²) in [6.07, 6.45) is 11.5. The lowest BCUT2D eigenvalue weighted by molar-refractivity contribution is -0.227. The standard InChI is InChI=1S/C30H46O2/c1-18(2)21-11-15-30(26(31)32)17-16-28(6)23(25(21)30)8-9-24-27(5)13-10-19(3)20(4)22(27)12-14-29(24,28)7/h20-25H,1,3,8-17H2,2,4-7H3,(H,31,32). The molecule has 0 aliphatic heterocycles. The number of fused-ring (bicyclic) bond motifs is 7. The van der Waals surface area contributed by atoms with E-state index in [2.05, 4.69) is 47.8 Å². The largest absolute Gasteiger partial charge is 0.481 e. The van der Waals surface area contributed by atoms with Crippen molar-refractivity contribution in [2.75, 3.05) is 0 Å². The highest BCUT2D eigenvalue weighted by atomic mass is 16.4. The quantitative estimate of drug-likeness (QED) is 0.445. The Bertz CT molecular complexity index is 857. The zero-order chi connectivity index (χ0) is 23.3. The van der Waals surface area contributed by atoms with Gasteiger partial charge in [0.05, 0.1) is 5.41 Å². The summed E-state index contributed by atoms with van der Waals surface area (Å²) in [5, 5.41) is 10.5. The van der Waals surface area contributed by atoms with Gasteiger partial charge in [0.2, 0.25) is 0 Å². The first-order valence-electron chi connectivity index (χ1n) is 13.5. The molecule has 10 unspecified atom stereocenters. The van der Waals surface area contributed by atoms with Gasteiger partial charge in [-0.2, -0.15) is 0 Å². The van der Waals surface area contributed by atoms with E-state index in [9.17, 15) is 9.90 Å². The highest BCUT2D eigenvalue weighted by Crippen LogP contribution is 2.76. The van der Waals surface area contributed by atoms with E-state index >= 15 is 0 Å². The van der Waals surface area contributed by atoms with Crippen LogP contribution in [0.25, 0.3) is 0 Å². The van der Waals surface area contributed by atoms with E-state index in [1.54, 1.807) is 0 Å². The molecular formula is C30H46O2. The average molecular weight is 439 g/mol. The first-order valence-corrected chi connectivity index (χ1v) is 13.5. The predicted octanol–water partition coefficient (Wildman–Crippen LogP) is 7.89. The third-order valence-electron chi connectivity index (χ3n) is 13.1. The number of carboxylic acids is 1. The Morgan fingerprint density at radius 2 is 1.66 bits per heavy atom. The highest BCUT2D eigenvalue weighted by Gasteiger charge is 2.71. The molecule has 2 nitrogen and oxygen atoms in total. The Morgan fingerprint density at radius 1 is 0.938 bits per heavy atom.